The number of thiazole rings is 1. The van der Waals surface area contributed by atoms with Gasteiger partial charge in [0, 0.05) is 21.5 Å². The molecule has 0 fully saturated rings. The van der Waals surface area contributed by atoms with E-state index in [0.29, 0.717) is 22.1 Å². The lowest BCUT2D eigenvalue weighted by molar-refractivity contribution is 0.104. The summed E-state index contributed by atoms with van der Waals surface area (Å²) in [5.74, 6) is 1.14. The van der Waals surface area contributed by atoms with Crippen molar-refractivity contribution in [2.75, 3.05) is 6.79 Å². The number of rotatable bonds is 4. The molecule has 0 spiro atoms. The van der Waals surface area contributed by atoms with Gasteiger partial charge in [0.25, 0.3) is 0 Å². The van der Waals surface area contributed by atoms with Gasteiger partial charge in [-0.05, 0) is 42.5 Å². The van der Waals surface area contributed by atoms with Gasteiger partial charge in [-0.3, -0.25) is 4.79 Å². The minimum Gasteiger partial charge on any atom is -0.454 e. The molecule has 6 heteroatoms. The minimum atomic E-state index is -0.112. The Morgan fingerprint density at radius 3 is 2.76 bits per heavy atom. The van der Waals surface area contributed by atoms with E-state index in [4.69, 9.17) is 21.1 Å². The number of carbonyl (C=O) groups excluding carboxylic acids is 1. The molecule has 0 atom stereocenters. The smallest absolute Gasteiger partial charge is 0.231 e. The Labute approximate surface area is 153 Å². The molecule has 0 radical (unpaired) electrons. The van der Waals surface area contributed by atoms with Crippen molar-refractivity contribution in [1.82, 2.24) is 4.98 Å². The van der Waals surface area contributed by atoms with E-state index in [0.717, 1.165) is 16.3 Å². The van der Waals surface area contributed by atoms with Crippen molar-refractivity contribution in [3.8, 4) is 22.1 Å². The molecular weight excluding hydrogens is 358 g/mol. The summed E-state index contributed by atoms with van der Waals surface area (Å²) in [4.78, 5) is 16.8. The van der Waals surface area contributed by atoms with E-state index < -0.39 is 0 Å². The number of hydrogen-bond donors (Lipinski definition) is 0. The molecule has 0 N–H and O–H groups in total. The Balaban J connectivity index is 1.50. The zero-order valence-corrected chi connectivity index (χ0v) is 14.5. The van der Waals surface area contributed by atoms with Crippen molar-refractivity contribution in [3.63, 3.8) is 0 Å². The highest BCUT2D eigenvalue weighted by Crippen LogP contribution is 2.32. The lowest BCUT2D eigenvalue weighted by Gasteiger charge is -1.98. The number of hydrogen-bond acceptors (Lipinski definition) is 5. The van der Waals surface area contributed by atoms with Gasteiger partial charge in [0.05, 0.1) is 5.69 Å². The monoisotopic (exact) mass is 369 g/mol. The van der Waals surface area contributed by atoms with Crippen molar-refractivity contribution < 1.29 is 14.3 Å². The molecule has 124 valence electrons. The lowest BCUT2D eigenvalue weighted by atomic mass is 10.1. The maximum absolute atomic E-state index is 12.3. The van der Waals surface area contributed by atoms with Crippen LogP contribution in [0.15, 0.2) is 53.9 Å². The SMILES string of the molecule is O=C(/C=C/c1csc(-c2ccc(Cl)cc2)n1)c1ccc2c(c1)OCO2. The largest absolute Gasteiger partial charge is 0.454 e. The topological polar surface area (TPSA) is 48.4 Å². The molecule has 0 saturated carbocycles. The normalized spacial score (nSPS) is 12.7. The summed E-state index contributed by atoms with van der Waals surface area (Å²) in [5.41, 5.74) is 2.29. The fraction of sp³-hybridized carbons (Fsp3) is 0.0526. The molecular formula is C19H12ClNO3S. The van der Waals surface area contributed by atoms with Gasteiger partial charge >= 0.3 is 0 Å². The van der Waals surface area contributed by atoms with Crippen LogP contribution in [0, 0.1) is 0 Å². The number of nitrogens with zero attached hydrogens (tertiary/aromatic N) is 1. The molecule has 1 aliphatic heterocycles. The molecule has 0 amide bonds. The molecule has 2 heterocycles. The molecule has 0 unspecified atom stereocenters. The van der Waals surface area contributed by atoms with Crippen molar-refractivity contribution in [2.45, 2.75) is 0 Å². The molecule has 0 aliphatic carbocycles. The average molecular weight is 370 g/mol. The van der Waals surface area contributed by atoms with Crippen LogP contribution < -0.4 is 9.47 Å². The molecule has 1 aromatic heterocycles. The highest BCUT2D eigenvalue weighted by molar-refractivity contribution is 7.13. The number of halogens is 1. The molecule has 3 aromatic rings. The molecule has 0 saturated heterocycles. The number of aromatic nitrogens is 1. The highest BCUT2D eigenvalue weighted by atomic mass is 35.5. The Morgan fingerprint density at radius 2 is 1.92 bits per heavy atom. The van der Waals surface area contributed by atoms with E-state index in [2.05, 4.69) is 4.98 Å². The molecule has 4 nitrogen and oxygen atoms in total. The third kappa shape index (κ3) is 3.43. The van der Waals surface area contributed by atoms with Crippen LogP contribution in [0.1, 0.15) is 16.1 Å². The molecule has 25 heavy (non-hydrogen) atoms. The van der Waals surface area contributed by atoms with Crippen molar-refractivity contribution in [1.29, 1.82) is 0 Å². The summed E-state index contributed by atoms with van der Waals surface area (Å²) in [6.45, 7) is 0.190. The van der Waals surface area contributed by atoms with Gasteiger partial charge < -0.3 is 9.47 Å². The van der Waals surface area contributed by atoms with Crippen LogP contribution in [0.5, 0.6) is 11.5 Å². The predicted octanol–water partition coefficient (Wildman–Crippen LogP) is 5.09. The second-order valence-corrected chi connectivity index (χ2v) is 6.64. The Hall–Kier alpha value is -2.63. The first-order valence-corrected chi connectivity index (χ1v) is 8.78. The fourth-order valence-electron chi connectivity index (χ4n) is 2.39. The second kappa shape index (κ2) is 6.70. The van der Waals surface area contributed by atoms with Gasteiger partial charge in [0.2, 0.25) is 6.79 Å². The van der Waals surface area contributed by atoms with Crippen molar-refractivity contribution >= 4 is 34.8 Å². The van der Waals surface area contributed by atoms with E-state index in [-0.39, 0.29) is 12.6 Å². The Kier molecular flexibility index (Phi) is 4.26. The predicted molar refractivity (Wildman–Crippen MR) is 98.5 cm³/mol. The molecule has 0 bridgehead atoms. The zero-order valence-electron chi connectivity index (χ0n) is 12.9. The zero-order chi connectivity index (χ0) is 17.2. The van der Waals surface area contributed by atoms with E-state index in [1.807, 2.05) is 29.6 Å². The summed E-state index contributed by atoms with van der Waals surface area (Å²) in [7, 11) is 0. The molecule has 4 rings (SSSR count). The maximum Gasteiger partial charge on any atom is 0.231 e. The number of benzene rings is 2. The van der Waals surface area contributed by atoms with Crippen molar-refractivity contribution in [3.05, 3.63) is 70.2 Å². The first-order valence-electron chi connectivity index (χ1n) is 7.52. The number of carbonyl (C=O) groups is 1. The minimum absolute atomic E-state index is 0.112. The van der Waals surface area contributed by atoms with E-state index in [1.54, 1.807) is 24.3 Å². The first-order chi connectivity index (χ1) is 12.2. The highest BCUT2D eigenvalue weighted by Gasteiger charge is 2.15. The fourth-order valence-corrected chi connectivity index (χ4v) is 3.31. The van der Waals surface area contributed by atoms with Crippen LogP contribution in [0.2, 0.25) is 5.02 Å². The summed E-state index contributed by atoms with van der Waals surface area (Å²) >= 11 is 7.42. The molecule has 1 aliphatic rings. The first kappa shape index (κ1) is 15.9. The van der Waals surface area contributed by atoms with Gasteiger partial charge in [-0.25, -0.2) is 4.98 Å². The Morgan fingerprint density at radius 1 is 1.12 bits per heavy atom. The standard InChI is InChI=1S/C19H12ClNO3S/c20-14-4-1-12(2-5-14)19-21-15(10-25-19)6-7-16(22)13-3-8-17-18(9-13)24-11-23-17/h1-10H,11H2/b7-6+. The number of fused-ring (bicyclic) bond motifs is 1. The van der Waals surface area contributed by atoms with Gasteiger partial charge in [-0.2, -0.15) is 0 Å². The summed E-state index contributed by atoms with van der Waals surface area (Å²) < 4.78 is 10.5. The van der Waals surface area contributed by atoms with Crippen molar-refractivity contribution in [2.24, 2.45) is 0 Å². The van der Waals surface area contributed by atoms with Crippen LogP contribution in [-0.2, 0) is 0 Å². The second-order valence-electron chi connectivity index (χ2n) is 5.35. The quantitative estimate of drug-likeness (QED) is 0.475. The van der Waals surface area contributed by atoms with Crippen LogP contribution in [0.3, 0.4) is 0 Å². The van der Waals surface area contributed by atoms with Crippen LogP contribution in [0.25, 0.3) is 16.6 Å². The van der Waals surface area contributed by atoms with E-state index >= 15 is 0 Å². The van der Waals surface area contributed by atoms with Crippen LogP contribution >= 0.6 is 22.9 Å². The number of ether oxygens (including phenoxy) is 2. The number of allylic oxidation sites excluding steroid dienone is 1. The van der Waals surface area contributed by atoms with E-state index in [1.165, 1.54) is 17.4 Å². The Bertz CT molecular complexity index is 963. The third-order valence-corrected chi connectivity index (χ3v) is 4.84. The third-order valence-electron chi connectivity index (χ3n) is 3.68. The van der Waals surface area contributed by atoms with E-state index in [9.17, 15) is 4.79 Å². The number of ketones is 1. The molecule has 2 aromatic carbocycles. The van der Waals surface area contributed by atoms with Gasteiger partial charge in [0.1, 0.15) is 5.01 Å². The van der Waals surface area contributed by atoms with Gasteiger partial charge in [0.15, 0.2) is 17.3 Å². The summed E-state index contributed by atoms with van der Waals surface area (Å²) in [6.07, 6.45) is 3.22. The average Bonchev–Trinajstić information content (AvgIpc) is 3.29. The van der Waals surface area contributed by atoms with Crippen LogP contribution in [0.4, 0.5) is 0 Å². The summed E-state index contributed by atoms with van der Waals surface area (Å²) in [6, 6.07) is 12.7. The van der Waals surface area contributed by atoms with Gasteiger partial charge in [-0.15, -0.1) is 11.3 Å². The summed E-state index contributed by atoms with van der Waals surface area (Å²) in [5, 5.41) is 3.48. The lowest BCUT2D eigenvalue weighted by Crippen LogP contribution is -1.94. The van der Waals surface area contributed by atoms with Crippen LogP contribution in [-0.4, -0.2) is 17.6 Å². The maximum atomic E-state index is 12.3. The van der Waals surface area contributed by atoms with Gasteiger partial charge in [-0.1, -0.05) is 23.7 Å².